The third kappa shape index (κ3) is 11.0. The Bertz CT molecular complexity index is 328. The van der Waals surface area contributed by atoms with Gasteiger partial charge in [-0.2, -0.15) is 0 Å². The highest BCUT2D eigenvalue weighted by atomic mass is 31.2. The van der Waals surface area contributed by atoms with Crippen molar-refractivity contribution in [2.75, 3.05) is 13.2 Å². The molecule has 0 N–H and O–H groups in total. The molecule has 0 fully saturated rings. The lowest BCUT2D eigenvalue weighted by Gasteiger charge is -2.19. The van der Waals surface area contributed by atoms with Gasteiger partial charge in [-0.3, -0.25) is 9.05 Å². The smallest absolute Gasteiger partial charge is 0.348 e. The van der Waals surface area contributed by atoms with Gasteiger partial charge in [0, 0.05) is 0 Å². The van der Waals surface area contributed by atoms with Crippen LogP contribution >= 0.6 is 7.91 Å². The Balaban J connectivity index is 4.12. The van der Waals surface area contributed by atoms with Gasteiger partial charge in [-0.05, 0) is 27.7 Å². The Morgan fingerprint density at radius 1 is 1.05 bits per heavy atom. The van der Waals surface area contributed by atoms with E-state index in [0.29, 0.717) is 0 Å². The predicted octanol–water partition coefficient (Wildman–Crippen LogP) is 3.97. The molecule has 0 aromatic rings. The van der Waals surface area contributed by atoms with Crippen LogP contribution in [0.5, 0.6) is 0 Å². The van der Waals surface area contributed by atoms with Crippen LogP contribution in [0.4, 0.5) is 4.20 Å². The van der Waals surface area contributed by atoms with Gasteiger partial charge in [0.25, 0.3) is 0 Å². The van der Waals surface area contributed by atoms with E-state index in [4.69, 9.17) is 9.47 Å². The van der Waals surface area contributed by atoms with Crippen LogP contribution in [0, 0.1) is 0 Å². The summed E-state index contributed by atoms with van der Waals surface area (Å²) < 4.78 is 44.2. The number of hydrogen-bond donors (Lipinski definition) is 0. The Morgan fingerprint density at radius 2 is 1.37 bits per heavy atom. The van der Waals surface area contributed by atoms with E-state index in [1.807, 2.05) is 0 Å². The molecule has 2 atom stereocenters. The summed E-state index contributed by atoms with van der Waals surface area (Å²) >= 11 is 0. The second kappa shape index (κ2) is 8.61. The second-order valence-electron chi connectivity index (χ2n) is 4.31. The molecule has 0 aliphatic carbocycles. The first kappa shape index (κ1) is 18.5. The zero-order chi connectivity index (χ0) is 15.1. The van der Waals surface area contributed by atoms with E-state index in [-0.39, 0.29) is 13.2 Å². The molecule has 0 heterocycles. The number of hydrogen-bond acceptors (Lipinski definition) is 5. The van der Waals surface area contributed by atoms with Crippen LogP contribution in [0.25, 0.3) is 0 Å². The van der Waals surface area contributed by atoms with E-state index >= 15 is 0 Å². The molecule has 5 nitrogen and oxygen atoms in total. The monoisotopic (exact) mass is 296 g/mol. The van der Waals surface area contributed by atoms with Crippen molar-refractivity contribution in [1.82, 2.24) is 0 Å². The summed E-state index contributed by atoms with van der Waals surface area (Å²) in [7, 11) is -4.73. The molecule has 2 unspecified atom stereocenters. The van der Waals surface area contributed by atoms with Crippen LogP contribution < -0.4 is 0 Å². The van der Waals surface area contributed by atoms with Crippen molar-refractivity contribution in [2.24, 2.45) is 0 Å². The molecule has 0 saturated carbocycles. The first-order valence-corrected chi connectivity index (χ1v) is 7.24. The normalized spacial score (nSPS) is 17.5. The molecule has 19 heavy (non-hydrogen) atoms. The number of ether oxygens (including phenoxy) is 2. The van der Waals surface area contributed by atoms with Gasteiger partial charge < -0.3 is 9.47 Å². The average molecular weight is 296 g/mol. The largest absolute Gasteiger partial charge is 0.517 e. The molecule has 0 aliphatic rings. The van der Waals surface area contributed by atoms with Crippen molar-refractivity contribution >= 4 is 7.91 Å². The summed E-state index contributed by atoms with van der Waals surface area (Å²) in [6, 6.07) is 0. The Morgan fingerprint density at radius 3 is 1.63 bits per heavy atom. The van der Waals surface area contributed by atoms with Crippen LogP contribution in [-0.4, -0.2) is 25.8 Å². The molecular weight excluding hydrogens is 274 g/mol. The van der Waals surface area contributed by atoms with E-state index in [1.165, 1.54) is 13.8 Å². The zero-order valence-electron chi connectivity index (χ0n) is 11.8. The maximum absolute atomic E-state index is 13.5. The molecule has 0 aliphatic heterocycles. The Labute approximate surface area is 114 Å². The van der Waals surface area contributed by atoms with Gasteiger partial charge in [-0.25, -0.2) is 4.57 Å². The summed E-state index contributed by atoms with van der Waals surface area (Å²) in [6.07, 6.45) is -2.03. The van der Waals surface area contributed by atoms with E-state index in [1.54, 1.807) is 13.8 Å². The molecule has 0 radical (unpaired) electrons. The fourth-order valence-corrected chi connectivity index (χ4v) is 1.84. The summed E-state index contributed by atoms with van der Waals surface area (Å²) in [5.74, 6) is 0. The van der Waals surface area contributed by atoms with Crippen LogP contribution in [0.2, 0.25) is 0 Å². The highest BCUT2D eigenvalue weighted by Gasteiger charge is 2.30. The standard InChI is InChI=1S/C12H22FO5P/c1-9(2)7-15-11(5)17-19(13,14)18-12(6)16-8-10(3)4/h11-12H,1,3,7-8H2,2,4-6H3. The lowest BCUT2D eigenvalue weighted by atomic mass is 10.4. The van der Waals surface area contributed by atoms with Gasteiger partial charge in [0.1, 0.15) is 0 Å². The third-order valence-electron chi connectivity index (χ3n) is 1.68. The van der Waals surface area contributed by atoms with E-state index in [9.17, 15) is 8.76 Å². The van der Waals surface area contributed by atoms with Crippen molar-refractivity contribution in [3.8, 4) is 0 Å². The highest BCUT2D eigenvalue weighted by molar-refractivity contribution is 7.48. The molecule has 112 valence electrons. The first-order valence-electron chi connectivity index (χ1n) is 5.81. The topological polar surface area (TPSA) is 54.0 Å². The molecule has 0 spiro atoms. The van der Waals surface area contributed by atoms with Crippen molar-refractivity contribution in [2.45, 2.75) is 40.3 Å². The van der Waals surface area contributed by atoms with Gasteiger partial charge in [-0.15, -0.1) is 4.20 Å². The zero-order valence-corrected chi connectivity index (χ0v) is 12.7. The Hall–Kier alpha value is -0.520. The first-order chi connectivity index (χ1) is 8.62. The van der Waals surface area contributed by atoms with Crippen molar-refractivity contribution in [3.63, 3.8) is 0 Å². The quantitative estimate of drug-likeness (QED) is 0.347. The SMILES string of the molecule is C=C(C)COC(C)OP(=O)(F)OC(C)OCC(=C)C. The van der Waals surface area contributed by atoms with E-state index in [2.05, 4.69) is 22.2 Å². The third-order valence-corrected chi connectivity index (χ3v) is 2.77. The average Bonchev–Trinajstić information content (AvgIpc) is 2.22. The molecule has 0 saturated heterocycles. The maximum atomic E-state index is 13.5. The molecule has 0 aromatic heterocycles. The van der Waals surface area contributed by atoms with Gasteiger partial charge in [0.2, 0.25) is 0 Å². The van der Waals surface area contributed by atoms with Gasteiger partial charge in [0.05, 0.1) is 13.2 Å². The fraction of sp³-hybridized carbons (Fsp3) is 0.667. The molecule has 0 bridgehead atoms. The van der Waals surface area contributed by atoms with Crippen molar-refractivity contribution < 1.29 is 27.3 Å². The van der Waals surface area contributed by atoms with Crippen molar-refractivity contribution in [1.29, 1.82) is 0 Å². The summed E-state index contributed by atoms with van der Waals surface area (Å²) in [6.45, 7) is 13.9. The molecule has 7 heteroatoms. The molecule has 0 amide bonds. The van der Waals surface area contributed by atoms with E-state index < -0.39 is 20.5 Å². The second-order valence-corrected chi connectivity index (χ2v) is 5.60. The van der Waals surface area contributed by atoms with E-state index in [0.717, 1.165) is 11.1 Å². The van der Waals surface area contributed by atoms with Crippen LogP contribution in [0.15, 0.2) is 24.3 Å². The van der Waals surface area contributed by atoms with Crippen LogP contribution in [0.1, 0.15) is 27.7 Å². The molecule has 0 rings (SSSR count). The summed E-state index contributed by atoms with van der Waals surface area (Å²) in [4.78, 5) is 0. The molecular formula is C12H22FO5P. The predicted molar refractivity (Wildman–Crippen MR) is 71.3 cm³/mol. The maximum Gasteiger partial charge on any atom is 0.517 e. The van der Waals surface area contributed by atoms with Gasteiger partial charge in [-0.1, -0.05) is 24.3 Å². The van der Waals surface area contributed by atoms with Crippen molar-refractivity contribution in [3.05, 3.63) is 24.3 Å². The van der Waals surface area contributed by atoms with Gasteiger partial charge >= 0.3 is 7.91 Å². The lowest BCUT2D eigenvalue weighted by Crippen LogP contribution is -2.16. The number of halogens is 1. The minimum atomic E-state index is -4.73. The summed E-state index contributed by atoms with van der Waals surface area (Å²) in [5.41, 5.74) is 1.48. The molecule has 0 aromatic carbocycles. The fourth-order valence-electron chi connectivity index (χ4n) is 0.960. The lowest BCUT2D eigenvalue weighted by molar-refractivity contribution is -0.105. The Kier molecular flexibility index (Phi) is 8.38. The number of rotatable bonds is 10. The van der Waals surface area contributed by atoms with Crippen LogP contribution in [-0.2, 0) is 23.1 Å². The minimum absolute atomic E-state index is 0.183. The van der Waals surface area contributed by atoms with Crippen LogP contribution in [0.3, 0.4) is 0 Å². The van der Waals surface area contributed by atoms with Gasteiger partial charge in [0.15, 0.2) is 12.6 Å². The highest BCUT2D eigenvalue weighted by Crippen LogP contribution is 2.52. The minimum Gasteiger partial charge on any atom is -0.348 e. The summed E-state index contributed by atoms with van der Waals surface area (Å²) in [5, 5.41) is 0.